The van der Waals surface area contributed by atoms with Crippen LogP contribution in [0.15, 0.2) is 30.6 Å². The average molecular weight is 201 g/mol. The zero-order chi connectivity index (χ0) is 10.7. The van der Waals surface area contributed by atoms with Crippen molar-refractivity contribution in [2.75, 3.05) is 7.11 Å². The lowest BCUT2D eigenvalue weighted by molar-refractivity contribution is 0.407. The third kappa shape index (κ3) is 1.93. The number of aryl methyl sites for hydroxylation is 1. The molecular formula is C11H11N3O. The summed E-state index contributed by atoms with van der Waals surface area (Å²) in [5.41, 5.74) is 1.58. The first-order chi connectivity index (χ1) is 7.31. The molecule has 0 aliphatic rings. The van der Waals surface area contributed by atoms with Gasteiger partial charge in [0.05, 0.1) is 19.0 Å². The van der Waals surface area contributed by atoms with E-state index >= 15 is 0 Å². The van der Waals surface area contributed by atoms with Gasteiger partial charge in [-0.3, -0.25) is 4.98 Å². The molecule has 2 aromatic rings. The SMILES string of the molecule is COc1cnc(-c2ccccn2)nc1C. The van der Waals surface area contributed by atoms with Crippen LogP contribution in [0.25, 0.3) is 11.5 Å². The first kappa shape index (κ1) is 9.58. The van der Waals surface area contributed by atoms with Crippen LogP contribution in [-0.4, -0.2) is 22.1 Å². The van der Waals surface area contributed by atoms with Crippen molar-refractivity contribution in [2.24, 2.45) is 0 Å². The minimum Gasteiger partial charge on any atom is -0.493 e. The second-order valence-electron chi connectivity index (χ2n) is 3.06. The Hall–Kier alpha value is -1.97. The molecule has 0 aliphatic carbocycles. The van der Waals surface area contributed by atoms with E-state index in [9.17, 15) is 0 Å². The van der Waals surface area contributed by atoms with Gasteiger partial charge in [-0.25, -0.2) is 9.97 Å². The van der Waals surface area contributed by atoms with Gasteiger partial charge in [-0.15, -0.1) is 0 Å². The first-order valence-corrected chi connectivity index (χ1v) is 4.60. The summed E-state index contributed by atoms with van der Waals surface area (Å²) in [6, 6.07) is 5.65. The van der Waals surface area contributed by atoms with E-state index in [1.807, 2.05) is 25.1 Å². The lowest BCUT2D eigenvalue weighted by Crippen LogP contribution is -1.96. The highest BCUT2D eigenvalue weighted by Gasteiger charge is 2.05. The maximum Gasteiger partial charge on any atom is 0.178 e. The molecule has 0 N–H and O–H groups in total. The van der Waals surface area contributed by atoms with Gasteiger partial charge < -0.3 is 4.74 Å². The molecule has 2 rings (SSSR count). The Morgan fingerprint density at radius 2 is 2.07 bits per heavy atom. The molecule has 15 heavy (non-hydrogen) atoms. The summed E-state index contributed by atoms with van der Waals surface area (Å²) in [5.74, 6) is 1.31. The molecule has 0 unspecified atom stereocenters. The van der Waals surface area contributed by atoms with E-state index in [2.05, 4.69) is 15.0 Å². The van der Waals surface area contributed by atoms with Crippen molar-refractivity contribution in [1.82, 2.24) is 15.0 Å². The smallest absolute Gasteiger partial charge is 0.178 e. The van der Waals surface area contributed by atoms with Crippen molar-refractivity contribution in [3.63, 3.8) is 0 Å². The van der Waals surface area contributed by atoms with Gasteiger partial charge in [0.2, 0.25) is 0 Å². The third-order valence-electron chi connectivity index (χ3n) is 2.05. The van der Waals surface area contributed by atoms with E-state index in [0.717, 1.165) is 11.4 Å². The Labute approximate surface area is 88.0 Å². The fraction of sp³-hybridized carbons (Fsp3) is 0.182. The van der Waals surface area contributed by atoms with Gasteiger partial charge in [0, 0.05) is 6.20 Å². The Morgan fingerprint density at radius 3 is 2.67 bits per heavy atom. The monoisotopic (exact) mass is 201 g/mol. The number of methoxy groups -OCH3 is 1. The van der Waals surface area contributed by atoms with Crippen molar-refractivity contribution in [3.8, 4) is 17.3 Å². The molecule has 0 fully saturated rings. The normalized spacial score (nSPS) is 10.0. The summed E-state index contributed by atoms with van der Waals surface area (Å²) in [5, 5.41) is 0. The van der Waals surface area contributed by atoms with E-state index in [1.54, 1.807) is 19.5 Å². The fourth-order valence-corrected chi connectivity index (χ4v) is 1.27. The zero-order valence-corrected chi connectivity index (χ0v) is 8.64. The van der Waals surface area contributed by atoms with Crippen LogP contribution in [0.1, 0.15) is 5.69 Å². The lowest BCUT2D eigenvalue weighted by atomic mass is 10.3. The average Bonchev–Trinajstić information content (AvgIpc) is 2.30. The predicted octanol–water partition coefficient (Wildman–Crippen LogP) is 1.86. The molecule has 0 aliphatic heterocycles. The Bertz CT molecular complexity index is 457. The Balaban J connectivity index is 2.43. The van der Waals surface area contributed by atoms with E-state index in [1.165, 1.54) is 0 Å². The largest absolute Gasteiger partial charge is 0.493 e. The zero-order valence-electron chi connectivity index (χ0n) is 8.64. The predicted molar refractivity (Wildman–Crippen MR) is 56.6 cm³/mol. The fourth-order valence-electron chi connectivity index (χ4n) is 1.27. The standard InChI is InChI=1S/C11H11N3O/c1-8-10(15-2)7-13-11(14-8)9-5-3-4-6-12-9/h3-7H,1-2H3. The summed E-state index contributed by atoms with van der Waals surface area (Å²) in [7, 11) is 1.60. The second kappa shape index (κ2) is 4.04. The maximum atomic E-state index is 5.09. The molecule has 0 bridgehead atoms. The molecule has 0 saturated heterocycles. The van der Waals surface area contributed by atoms with Crippen LogP contribution in [0.5, 0.6) is 5.75 Å². The van der Waals surface area contributed by atoms with Gasteiger partial charge in [0.25, 0.3) is 0 Å². The number of ether oxygens (including phenoxy) is 1. The van der Waals surface area contributed by atoms with Gasteiger partial charge in [0.15, 0.2) is 11.6 Å². The van der Waals surface area contributed by atoms with E-state index < -0.39 is 0 Å². The number of hydrogen-bond donors (Lipinski definition) is 0. The number of pyridine rings is 1. The quantitative estimate of drug-likeness (QED) is 0.744. The maximum absolute atomic E-state index is 5.09. The minimum atomic E-state index is 0.619. The van der Waals surface area contributed by atoms with Crippen LogP contribution >= 0.6 is 0 Å². The van der Waals surface area contributed by atoms with Crippen molar-refractivity contribution in [2.45, 2.75) is 6.92 Å². The van der Waals surface area contributed by atoms with Crippen LogP contribution in [0, 0.1) is 6.92 Å². The Morgan fingerprint density at radius 1 is 1.20 bits per heavy atom. The summed E-state index contributed by atoms with van der Waals surface area (Å²) < 4.78 is 5.09. The van der Waals surface area contributed by atoms with Gasteiger partial charge in [-0.2, -0.15) is 0 Å². The van der Waals surface area contributed by atoms with Gasteiger partial charge in [0.1, 0.15) is 5.69 Å². The molecule has 76 valence electrons. The molecule has 4 nitrogen and oxygen atoms in total. The van der Waals surface area contributed by atoms with Gasteiger partial charge >= 0.3 is 0 Å². The number of nitrogens with zero attached hydrogens (tertiary/aromatic N) is 3. The van der Waals surface area contributed by atoms with Crippen LogP contribution in [0.2, 0.25) is 0 Å². The third-order valence-corrected chi connectivity index (χ3v) is 2.05. The number of aromatic nitrogens is 3. The lowest BCUT2D eigenvalue weighted by Gasteiger charge is -2.04. The molecule has 0 amide bonds. The molecule has 2 aromatic heterocycles. The minimum absolute atomic E-state index is 0.619. The van der Waals surface area contributed by atoms with Crippen molar-refractivity contribution in [3.05, 3.63) is 36.3 Å². The van der Waals surface area contributed by atoms with Gasteiger partial charge in [-0.05, 0) is 19.1 Å². The molecule has 2 heterocycles. The highest BCUT2D eigenvalue weighted by Crippen LogP contribution is 2.17. The van der Waals surface area contributed by atoms with Crippen LogP contribution < -0.4 is 4.74 Å². The highest BCUT2D eigenvalue weighted by atomic mass is 16.5. The van der Waals surface area contributed by atoms with Crippen molar-refractivity contribution >= 4 is 0 Å². The van der Waals surface area contributed by atoms with Crippen LogP contribution in [0.3, 0.4) is 0 Å². The molecular weight excluding hydrogens is 190 g/mol. The summed E-state index contributed by atoms with van der Waals surface area (Å²) in [6.07, 6.45) is 3.38. The molecule has 0 spiro atoms. The topological polar surface area (TPSA) is 47.9 Å². The molecule has 0 radical (unpaired) electrons. The van der Waals surface area contributed by atoms with Gasteiger partial charge in [-0.1, -0.05) is 6.07 Å². The number of rotatable bonds is 2. The van der Waals surface area contributed by atoms with E-state index in [0.29, 0.717) is 11.6 Å². The second-order valence-corrected chi connectivity index (χ2v) is 3.06. The molecule has 0 aromatic carbocycles. The first-order valence-electron chi connectivity index (χ1n) is 4.60. The highest BCUT2D eigenvalue weighted by molar-refractivity contribution is 5.49. The summed E-state index contributed by atoms with van der Waals surface area (Å²) >= 11 is 0. The van der Waals surface area contributed by atoms with Crippen molar-refractivity contribution < 1.29 is 4.74 Å². The van der Waals surface area contributed by atoms with Crippen LogP contribution in [0.4, 0.5) is 0 Å². The Kier molecular flexibility index (Phi) is 2.58. The number of hydrogen-bond acceptors (Lipinski definition) is 4. The molecule has 4 heteroatoms. The van der Waals surface area contributed by atoms with E-state index in [4.69, 9.17) is 4.74 Å². The summed E-state index contributed by atoms with van der Waals surface area (Å²) in [4.78, 5) is 12.7. The molecule has 0 atom stereocenters. The summed E-state index contributed by atoms with van der Waals surface area (Å²) in [6.45, 7) is 1.88. The van der Waals surface area contributed by atoms with E-state index in [-0.39, 0.29) is 0 Å². The van der Waals surface area contributed by atoms with Crippen LogP contribution in [-0.2, 0) is 0 Å². The molecule has 0 saturated carbocycles. The van der Waals surface area contributed by atoms with Crippen molar-refractivity contribution in [1.29, 1.82) is 0 Å².